The quantitative estimate of drug-likeness (QED) is 0.232. The van der Waals surface area contributed by atoms with Crippen LogP contribution in [0.2, 0.25) is 0 Å². The van der Waals surface area contributed by atoms with E-state index in [2.05, 4.69) is 40.7 Å². The van der Waals surface area contributed by atoms with Gasteiger partial charge in [0, 0.05) is 13.0 Å². The number of hydrogen-bond acceptors (Lipinski definition) is 4. The zero-order valence-electron chi connectivity index (χ0n) is 26.1. The van der Waals surface area contributed by atoms with Gasteiger partial charge >= 0.3 is 11.9 Å². The van der Waals surface area contributed by atoms with E-state index in [4.69, 9.17) is 10.5 Å². The summed E-state index contributed by atoms with van der Waals surface area (Å²) in [6.45, 7) is 12.6. The molecule has 8 atom stereocenters. The van der Waals surface area contributed by atoms with Crippen molar-refractivity contribution in [1.29, 1.82) is 0 Å². The maximum atomic E-state index is 13.2. The number of carbonyl (C=O) groups is 2. The third-order valence-corrected chi connectivity index (χ3v) is 12.3. The molecular weight excluding hydrogens is 510 g/mol. The number of esters is 1. The van der Waals surface area contributed by atoms with Gasteiger partial charge in [0.1, 0.15) is 6.10 Å². The summed E-state index contributed by atoms with van der Waals surface area (Å²) in [6, 6.07) is 4.69. The van der Waals surface area contributed by atoms with Crippen LogP contribution in [0.15, 0.2) is 29.8 Å². The molecule has 1 aromatic carbocycles. The first-order valence-electron chi connectivity index (χ1n) is 16.4. The number of carbonyl (C=O) groups excluding carboxylic acids is 1. The largest absolute Gasteiger partial charge is 0.478 e. The Labute approximate surface area is 247 Å². The molecule has 0 bridgehead atoms. The zero-order valence-corrected chi connectivity index (χ0v) is 26.1. The average molecular weight is 564 g/mol. The Balaban J connectivity index is 1.27. The molecule has 3 fully saturated rings. The third-order valence-electron chi connectivity index (χ3n) is 12.3. The lowest BCUT2D eigenvalue weighted by Crippen LogP contribution is -2.51. The summed E-state index contributed by atoms with van der Waals surface area (Å²) in [7, 11) is 0. The number of ether oxygens (including phenoxy) is 1. The third kappa shape index (κ3) is 5.65. The second-order valence-corrected chi connectivity index (χ2v) is 14.9. The van der Waals surface area contributed by atoms with Gasteiger partial charge in [-0.25, -0.2) is 9.59 Å². The molecule has 41 heavy (non-hydrogen) atoms. The maximum Gasteiger partial charge on any atom is 0.339 e. The fourth-order valence-electron chi connectivity index (χ4n) is 10.0. The van der Waals surface area contributed by atoms with Gasteiger partial charge in [0.15, 0.2) is 0 Å². The minimum Gasteiger partial charge on any atom is -0.478 e. The highest BCUT2D eigenvalue weighted by Crippen LogP contribution is 2.67. The number of carboxylic acids is 1. The van der Waals surface area contributed by atoms with E-state index < -0.39 is 11.9 Å². The van der Waals surface area contributed by atoms with Gasteiger partial charge in [-0.1, -0.05) is 71.6 Å². The second kappa shape index (κ2) is 11.9. The minimum absolute atomic E-state index is 0.0260. The summed E-state index contributed by atoms with van der Waals surface area (Å²) in [6.07, 6.45) is 15.7. The lowest BCUT2D eigenvalue weighted by atomic mass is 9.47. The van der Waals surface area contributed by atoms with E-state index in [0.29, 0.717) is 11.3 Å². The molecule has 0 aromatic heterocycles. The molecule has 5 nitrogen and oxygen atoms in total. The molecule has 0 heterocycles. The molecule has 4 unspecified atom stereocenters. The highest BCUT2D eigenvalue weighted by Gasteiger charge is 2.59. The Hall–Kier alpha value is -2.14. The molecule has 0 amide bonds. The van der Waals surface area contributed by atoms with Gasteiger partial charge in [0.25, 0.3) is 0 Å². The number of fused-ring (bicyclic) bond motifs is 5. The number of rotatable bonds is 9. The van der Waals surface area contributed by atoms with Crippen molar-refractivity contribution < 1.29 is 19.4 Å². The number of hydrogen-bond donors (Lipinski definition) is 2. The van der Waals surface area contributed by atoms with E-state index in [1.807, 2.05) is 0 Å². The Morgan fingerprint density at radius 1 is 1.02 bits per heavy atom. The minimum atomic E-state index is -1.12. The average Bonchev–Trinajstić information content (AvgIpc) is 3.29. The first-order chi connectivity index (χ1) is 19.5. The summed E-state index contributed by atoms with van der Waals surface area (Å²) < 4.78 is 5.99. The molecule has 0 radical (unpaired) electrons. The number of allylic oxidation sites excluding steroid dienone is 1. The molecule has 4 aliphatic rings. The van der Waals surface area contributed by atoms with Crippen LogP contribution in [-0.4, -0.2) is 23.1 Å². The lowest BCUT2D eigenvalue weighted by Gasteiger charge is -2.58. The molecule has 0 spiro atoms. The van der Waals surface area contributed by atoms with Crippen LogP contribution in [0.4, 0.5) is 0 Å². The number of nitrogens with two attached hydrogens (primary N) is 1. The van der Waals surface area contributed by atoms with Crippen molar-refractivity contribution in [3.63, 3.8) is 0 Å². The van der Waals surface area contributed by atoms with Crippen molar-refractivity contribution in [2.24, 2.45) is 52.1 Å². The molecule has 5 heteroatoms. The van der Waals surface area contributed by atoms with Crippen molar-refractivity contribution in [2.75, 3.05) is 0 Å². The molecule has 226 valence electrons. The molecule has 3 saturated carbocycles. The Morgan fingerprint density at radius 2 is 1.80 bits per heavy atom. The summed E-state index contributed by atoms with van der Waals surface area (Å²) in [5.41, 5.74) is 8.69. The molecular formula is C36H53NO4. The highest BCUT2D eigenvalue weighted by molar-refractivity contribution is 6.02. The summed E-state index contributed by atoms with van der Waals surface area (Å²) in [4.78, 5) is 24.9. The van der Waals surface area contributed by atoms with Crippen LogP contribution in [-0.2, 0) is 11.3 Å². The van der Waals surface area contributed by atoms with E-state index in [0.717, 1.165) is 60.8 Å². The lowest BCUT2D eigenvalue weighted by molar-refractivity contribution is -0.0594. The molecule has 4 aliphatic carbocycles. The first kappa shape index (κ1) is 30.3. The topological polar surface area (TPSA) is 89.6 Å². The normalized spacial score (nSPS) is 35.2. The van der Waals surface area contributed by atoms with E-state index in [1.54, 1.807) is 12.1 Å². The van der Waals surface area contributed by atoms with Crippen LogP contribution in [0, 0.1) is 46.3 Å². The van der Waals surface area contributed by atoms with Gasteiger partial charge in [-0.2, -0.15) is 0 Å². The van der Waals surface area contributed by atoms with Crippen molar-refractivity contribution in [3.05, 3.63) is 46.5 Å². The van der Waals surface area contributed by atoms with E-state index in [-0.39, 0.29) is 29.2 Å². The van der Waals surface area contributed by atoms with Crippen molar-refractivity contribution >= 4 is 11.9 Å². The predicted octanol–water partition coefficient (Wildman–Crippen LogP) is 8.41. The monoisotopic (exact) mass is 563 g/mol. The summed E-state index contributed by atoms with van der Waals surface area (Å²) >= 11 is 0. The van der Waals surface area contributed by atoms with Gasteiger partial charge < -0.3 is 15.6 Å². The van der Waals surface area contributed by atoms with Crippen LogP contribution < -0.4 is 5.73 Å². The fourth-order valence-corrected chi connectivity index (χ4v) is 10.0. The summed E-state index contributed by atoms with van der Waals surface area (Å²) in [5.74, 6) is 3.13. The van der Waals surface area contributed by atoms with Crippen LogP contribution in [0.5, 0.6) is 0 Å². The van der Waals surface area contributed by atoms with Gasteiger partial charge in [0.2, 0.25) is 0 Å². The predicted molar refractivity (Wildman–Crippen MR) is 164 cm³/mol. The number of aromatic carboxylic acids is 1. The Kier molecular flexibility index (Phi) is 8.77. The van der Waals surface area contributed by atoms with Crippen molar-refractivity contribution in [3.8, 4) is 0 Å². The van der Waals surface area contributed by atoms with E-state index in [9.17, 15) is 14.7 Å². The van der Waals surface area contributed by atoms with Gasteiger partial charge in [-0.05, 0) is 109 Å². The number of benzene rings is 1. The Bertz CT molecular complexity index is 1170. The smallest absolute Gasteiger partial charge is 0.339 e. The standard InChI is InChI=1S/C36H53NO4/c1-22(2)7-6-8-23(3)30-13-14-31-28-12-10-25-20-26(15-17-35(25,4)32(28)16-18-36(30,31)5)41-34(40)29-19-24(21-37)9-11-27(29)33(38)39/h9-11,19,22-23,26,28,30-32H,6-8,12-18,20-21,37H2,1-5H3,(H,38,39)/t23-,26?,28?,30-,31?,32?,35+,36-/m1/s1. The molecule has 1 aromatic rings. The summed E-state index contributed by atoms with van der Waals surface area (Å²) in [5, 5.41) is 9.62. The Morgan fingerprint density at radius 3 is 2.51 bits per heavy atom. The van der Waals surface area contributed by atoms with Gasteiger partial charge in [-0.3, -0.25) is 0 Å². The van der Waals surface area contributed by atoms with Gasteiger partial charge in [-0.15, -0.1) is 0 Å². The van der Waals surface area contributed by atoms with Crippen molar-refractivity contribution in [2.45, 2.75) is 118 Å². The fraction of sp³-hybridized carbons (Fsp3) is 0.722. The molecule has 0 saturated heterocycles. The zero-order chi connectivity index (χ0) is 29.5. The van der Waals surface area contributed by atoms with Crippen LogP contribution >= 0.6 is 0 Å². The molecule has 3 N–H and O–H groups in total. The highest BCUT2D eigenvalue weighted by atomic mass is 16.5. The maximum absolute atomic E-state index is 13.2. The SMILES string of the molecule is CC(C)CCC[C@@H](C)[C@H]1CCC2C3CC=C4CC(OC(=O)c5cc(CN)ccc5C(=O)O)CC[C@]4(C)C3CC[C@@]21C. The van der Waals surface area contributed by atoms with Crippen molar-refractivity contribution in [1.82, 2.24) is 0 Å². The molecule has 5 rings (SSSR count). The van der Waals surface area contributed by atoms with Crippen LogP contribution in [0.25, 0.3) is 0 Å². The van der Waals surface area contributed by atoms with E-state index >= 15 is 0 Å². The van der Waals surface area contributed by atoms with E-state index in [1.165, 1.54) is 56.6 Å². The van der Waals surface area contributed by atoms with Crippen LogP contribution in [0.1, 0.15) is 132 Å². The van der Waals surface area contributed by atoms with Crippen LogP contribution in [0.3, 0.4) is 0 Å². The first-order valence-corrected chi connectivity index (χ1v) is 16.4. The number of carboxylic acid groups (broad SMARTS) is 1. The van der Waals surface area contributed by atoms with Gasteiger partial charge in [0.05, 0.1) is 11.1 Å². The second-order valence-electron chi connectivity index (χ2n) is 14.9. The molecule has 0 aliphatic heterocycles.